The van der Waals surface area contributed by atoms with E-state index < -0.39 is 0 Å². The first-order chi connectivity index (χ1) is 7.04. The Kier molecular flexibility index (Phi) is 4.24. The van der Waals surface area contributed by atoms with E-state index in [0.717, 1.165) is 0 Å². The first-order valence-corrected chi connectivity index (χ1v) is 5.23. The summed E-state index contributed by atoms with van der Waals surface area (Å²) in [7, 11) is 1.59. The number of anilines is 1. The molecule has 0 heterocycles. The van der Waals surface area contributed by atoms with Gasteiger partial charge in [0.1, 0.15) is 6.04 Å². The van der Waals surface area contributed by atoms with E-state index in [-0.39, 0.29) is 11.9 Å². The topological polar surface area (TPSA) is 41.1 Å². The fourth-order valence-electron chi connectivity index (χ4n) is 1.12. The molecule has 1 unspecified atom stereocenters. The molecule has 15 heavy (non-hydrogen) atoms. The molecule has 0 fully saturated rings. The van der Waals surface area contributed by atoms with Crippen molar-refractivity contribution in [2.75, 3.05) is 12.4 Å². The molecular formula is C10H12Cl2N2O. The van der Waals surface area contributed by atoms with Crippen LogP contribution in [-0.4, -0.2) is 19.0 Å². The Morgan fingerprint density at radius 2 is 2.07 bits per heavy atom. The molecule has 0 aliphatic carbocycles. The molecule has 0 aliphatic heterocycles. The molecule has 0 saturated carbocycles. The lowest BCUT2D eigenvalue weighted by atomic mass is 10.2. The van der Waals surface area contributed by atoms with Crippen molar-refractivity contribution in [2.24, 2.45) is 0 Å². The lowest BCUT2D eigenvalue weighted by Gasteiger charge is -2.14. The largest absolute Gasteiger partial charge is 0.373 e. The number of nitrogens with one attached hydrogen (secondary N) is 2. The zero-order valence-corrected chi connectivity index (χ0v) is 9.99. The Morgan fingerprint density at radius 1 is 1.40 bits per heavy atom. The van der Waals surface area contributed by atoms with E-state index in [1.165, 1.54) is 0 Å². The molecule has 0 aliphatic rings. The van der Waals surface area contributed by atoms with Crippen molar-refractivity contribution in [1.29, 1.82) is 0 Å². The Morgan fingerprint density at radius 3 is 2.60 bits per heavy atom. The van der Waals surface area contributed by atoms with Gasteiger partial charge in [-0.05, 0) is 25.1 Å². The maximum Gasteiger partial charge on any atom is 0.241 e. The van der Waals surface area contributed by atoms with Gasteiger partial charge in [0.2, 0.25) is 5.91 Å². The summed E-state index contributed by atoms with van der Waals surface area (Å²) in [6.07, 6.45) is 0. The molecule has 82 valence electrons. The van der Waals surface area contributed by atoms with Crippen molar-refractivity contribution >= 4 is 34.8 Å². The van der Waals surface area contributed by atoms with Gasteiger partial charge in [0.15, 0.2) is 0 Å². The summed E-state index contributed by atoms with van der Waals surface area (Å²) >= 11 is 11.7. The van der Waals surface area contributed by atoms with Gasteiger partial charge in [-0.2, -0.15) is 0 Å². The summed E-state index contributed by atoms with van der Waals surface area (Å²) in [4.78, 5) is 11.3. The summed E-state index contributed by atoms with van der Waals surface area (Å²) < 4.78 is 0. The van der Waals surface area contributed by atoms with E-state index in [9.17, 15) is 4.79 Å². The van der Waals surface area contributed by atoms with Crippen LogP contribution in [-0.2, 0) is 4.79 Å². The highest BCUT2D eigenvalue weighted by molar-refractivity contribution is 6.36. The second-order valence-corrected chi connectivity index (χ2v) is 3.95. The molecular weight excluding hydrogens is 235 g/mol. The minimum absolute atomic E-state index is 0.0963. The number of likely N-dealkylation sites (N-methyl/N-ethyl adjacent to an activating group) is 1. The van der Waals surface area contributed by atoms with Crippen molar-refractivity contribution in [2.45, 2.75) is 13.0 Å². The Balaban J connectivity index is 2.76. The third-order valence-corrected chi connectivity index (χ3v) is 2.49. The summed E-state index contributed by atoms with van der Waals surface area (Å²) in [6, 6.07) is 4.74. The average Bonchev–Trinajstić information content (AvgIpc) is 2.20. The normalized spacial score (nSPS) is 12.0. The number of rotatable bonds is 3. The number of amides is 1. The van der Waals surface area contributed by atoms with Crippen LogP contribution >= 0.6 is 23.2 Å². The van der Waals surface area contributed by atoms with Crippen molar-refractivity contribution in [1.82, 2.24) is 5.32 Å². The minimum atomic E-state index is -0.339. The number of carbonyl (C=O) groups excluding carboxylic acids is 1. The summed E-state index contributed by atoms with van der Waals surface area (Å²) in [5.74, 6) is -0.0963. The van der Waals surface area contributed by atoms with E-state index in [0.29, 0.717) is 15.7 Å². The fourth-order valence-corrected chi connectivity index (χ4v) is 1.58. The number of benzene rings is 1. The molecule has 3 nitrogen and oxygen atoms in total. The molecule has 1 amide bonds. The van der Waals surface area contributed by atoms with Crippen LogP contribution < -0.4 is 10.6 Å². The van der Waals surface area contributed by atoms with Crippen LogP contribution in [0.4, 0.5) is 5.69 Å². The highest BCUT2D eigenvalue weighted by Gasteiger charge is 2.11. The first kappa shape index (κ1) is 12.1. The molecule has 1 atom stereocenters. The molecule has 1 aromatic rings. The first-order valence-electron chi connectivity index (χ1n) is 4.47. The van der Waals surface area contributed by atoms with Crippen molar-refractivity contribution < 1.29 is 4.79 Å². The van der Waals surface area contributed by atoms with Gasteiger partial charge in [0.25, 0.3) is 0 Å². The van der Waals surface area contributed by atoms with Gasteiger partial charge in [-0.25, -0.2) is 0 Å². The van der Waals surface area contributed by atoms with Crippen LogP contribution in [0.1, 0.15) is 6.92 Å². The van der Waals surface area contributed by atoms with Crippen LogP contribution in [0.3, 0.4) is 0 Å². The predicted octanol–water partition coefficient (Wildman–Crippen LogP) is 2.54. The van der Waals surface area contributed by atoms with Crippen LogP contribution in [0.5, 0.6) is 0 Å². The standard InChI is InChI=1S/C10H12Cl2N2O/c1-6(10(15)13-2)14-9-4-3-7(11)5-8(9)12/h3-6,14H,1-2H3,(H,13,15). The van der Waals surface area contributed by atoms with E-state index >= 15 is 0 Å². The van der Waals surface area contributed by atoms with Gasteiger partial charge in [0.05, 0.1) is 10.7 Å². The lowest BCUT2D eigenvalue weighted by molar-refractivity contribution is -0.121. The van der Waals surface area contributed by atoms with Gasteiger partial charge in [-0.15, -0.1) is 0 Å². The molecule has 5 heteroatoms. The molecule has 0 bridgehead atoms. The number of carbonyl (C=O) groups is 1. The molecule has 0 spiro atoms. The average molecular weight is 247 g/mol. The lowest BCUT2D eigenvalue weighted by Crippen LogP contribution is -2.35. The van der Waals surface area contributed by atoms with E-state index in [4.69, 9.17) is 23.2 Å². The third kappa shape index (κ3) is 3.29. The monoisotopic (exact) mass is 246 g/mol. The predicted molar refractivity (Wildman–Crippen MR) is 63.6 cm³/mol. The highest BCUT2D eigenvalue weighted by Crippen LogP contribution is 2.25. The maximum atomic E-state index is 11.3. The van der Waals surface area contributed by atoms with Crippen molar-refractivity contribution in [3.63, 3.8) is 0 Å². The number of hydrogen-bond donors (Lipinski definition) is 2. The molecule has 0 radical (unpaired) electrons. The fraction of sp³-hybridized carbons (Fsp3) is 0.300. The third-order valence-electron chi connectivity index (χ3n) is 1.94. The molecule has 0 aromatic heterocycles. The Labute approximate surface area is 98.8 Å². The Bertz CT molecular complexity index is 368. The molecule has 1 rings (SSSR count). The van der Waals surface area contributed by atoms with Gasteiger partial charge in [0, 0.05) is 12.1 Å². The summed E-state index contributed by atoms with van der Waals surface area (Å²) in [5, 5.41) is 6.60. The quantitative estimate of drug-likeness (QED) is 0.861. The highest BCUT2D eigenvalue weighted by atomic mass is 35.5. The second kappa shape index (κ2) is 5.24. The number of hydrogen-bond acceptors (Lipinski definition) is 2. The zero-order chi connectivity index (χ0) is 11.4. The van der Waals surface area contributed by atoms with Gasteiger partial charge in [-0.3, -0.25) is 4.79 Å². The van der Waals surface area contributed by atoms with E-state index in [1.54, 1.807) is 32.2 Å². The van der Waals surface area contributed by atoms with Gasteiger partial charge < -0.3 is 10.6 Å². The van der Waals surface area contributed by atoms with Gasteiger partial charge in [-0.1, -0.05) is 23.2 Å². The minimum Gasteiger partial charge on any atom is -0.373 e. The second-order valence-electron chi connectivity index (χ2n) is 3.10. The molecule has 2 N–H and O–H groups in total. The maximum absolute atomic E-state index is 11.3. The molecule has 1 aromatic carbocycles. The van der Waals surface area contributed by atoms with Crippen LogP contribution in [0.2, 0.25) is 10.0 Å². The summed E-state index contributed by atoms with van der Waals surface area (Å²) in [5.41, 5.74) is 0.692. The van der Waals surface area contributed by atoms with E-state index in [2.05, 4.69) is 10.6 Å². The van der Waals surface area contributed by atoms with Crippen LogP contribution in [0.25, 0.3) is 0 Å². The smallest absolute Gasteiger partial charge is 0.241 e. The van der Waals surface area contributed by atoms with Crippen LogP contribution in [0, 0.1) is 0 Å². The zero-order valence-electron chi connectivity index (χ0n) is 8.47. The SMILES string of the molecule is CNC(=O)C(C)Nc1ccc(Cl)cc1Cl. The number of halogens is 2. The van der Waals surface area contributed by atoms with Crippen molar-refractivity contribution in [3.05, 3.63) is 28.2 Å². The van der Waals surface area contributed by atoms with Crippen LogP contribution in [0.15, 0.2) is 18.2 Å². The van der Waals surface area contributed by atoms with E-state index in [1.807, 2.05) is 0 Å². The summed E-state index contributed by atoms with van der Waals surface area (Å²) in [6.45, 7) is 1.75. The molecule has 0 saturated heterocycles. The Hall–Kier alpha value is -0.930. The van der Waals surface area contributed by atoms with Crippen molar-refractivity contribution in [3.8, 4) is 0 Å². The van der Waals surface area contributed by atoms with Gasteiger partial charge >= 0.3 is 0 Å².